The largest absolute Gasteiger partial charge is 0.391 e. The Morgan fingerprint density at radius 1 is 1.28 bits per heavy atom. The fourth-order valence-electron chi connectivity index (χ4n) is 4.30. The van der Waals surface area contributed by atoms with Crippen LogP contribution in [0.4, 0.5) is 5.82 Å². The second kappa shape index (κ2) is 8.62. The maximum absolute atomic E-state index is 12.4. The van der Waals surface area contributed by atoms with Gasteiger partial charge in [-0.3, -0.25) is 9.59 Å². The zero-order valence-electron chi connectivity index (χ0n) is 16.6. The number of hydrogen-bond donors (Lipinski definition) is 2. The Labute approximate surface area is 173 Å². The van der Waals surface area contributed by atoms with Gasteiger partial charge in [0.05, 0.1) is 17.2 Å². The minimum atomic E-state index is -0.520. The van der Waals surface area contributed by atoms with Gasteiger partial charge in [-0.15, -0.1) is 11.3 Å². The second-order valence-corrected chi connectivity index (χ2v) is 8.91. The number of amides is 1. The zero-order valence-corrected chi connectivity index (χ0v) is 17.4. The van der Waals surface area contributed by atoms with E-state index < -0.39 is 6.10 Å². The van der Waals surface area contributed by atoms with E-state index in [0.717, 1.165) is 49.5 Å². The van der Waals surface area contributed by atoms with E-state index in [0.29, 0.717) is 18.7 Å². The third kappa shape index (κ3) is 4.35. The van der Waals surface area contributed by atoms with E-state index in [1.165, 1.54) is 22.1 Å². The number of carbonyl (C=O) groups excluding carboxylic acids is 1. The lowest BCUT2D eigenvalue weighted by atomic mass is 10.0. The van der Waals surface area contributed by atoms with Crippen molar-refractivity contribution in [3.05, 3.63) is 38.6 Å². The molecule has 1 saturated carbocycles. The Hall–Kier alpha value is -2.26. The number of nitrogens with zero attached hydrogens (tertiary/aromatic N) is 4. The first kappa shape index (κ1) is 20.0. The van der Waals surface area contributed by atoms with Gasteiger partial charge in [0.2, 0.25) is 0 Å². The van der Waals surface area contributed by atoms with Gasteiger partial charge < -0.3 is 15.3 Å². The van der Waals surface area contributed by atoms with Crippen molar-refractivity contribution in [2.24, 2.45) is 0 Å². The molecule has 156 valence electrons. The van der Waals surface area contributed by atoms with Crippen LogP contribution < -0.4 is 15.8 Å². The first-order valence-electron chi connectivity index (χ1n) is 10.3. The summed E-state index contributed by atoms with van der Waals surface area (Å²) >= 11 is 1.46. The minimum absolute atomic E-state index is 0.111. The molecule has 1 saturated heterocycles. The number of aryl methyl sites for hydroxylation is 1. The monoisotopic (exact) mass is 417 g/mol. The van der Waals surface area contributed by atoms with Crippen LogP contribution in [0, 0.1) is 6.92 Å². The van der Waals surface area contributed by atoms with E-state index in [9.17, 15) is 14.7 Å². The van der Waals surface area contributed by atoms with Gasteiger partial charge in [-0.25, -0.2) is 9.67 Å². The number of hydrogen-bond acceptors (Lipinski definition) is 7. The molecule has 2 aromatic rings. The van der Waals surface area contributed by atoms with Gasteiger partial charge in [0.1, 0.15) is 11.5 Å². The van der Waals surface area contributed by atoms with E-state index in [2.05, 4.69) is 20.3 Å². The Balaban J connectivity index is 1.50. The summed E-state index contributed by atoms with van der Waals surface area (Å²) in [5, 5.41) is 20.5. The van der Waals surface area contributed by atoms with E-state index >= 15 is 0 Å². The number of rotatable bonds is 5. The van der Waals surface area contributed by atoms with Crippen LogP contribution in [0.2, 0.25) is 0 Å². The highest BCUT2D eigenvalue weighted by molar-refractivity contribution is 7.09. The average molecular weight is 418 g/mol. The Morgan fingerprint density at radius 2 is 2.14 bits per heavy atom. The van der Waals surface area contributed by atoms with E-state index in [4.69, 9.17) is 0 Å². The van der Waals surface area contributed by atoms with Crippen LogP contribution in [0.25, 0.3) is 0 Å². The van der Waals surface area contributed by atoms with Gasteiger partial charge in [0.25, 0.3) is 11.5 Å². The summed E-state index contributed by atoms with van der Waals surface area (Å²) in [7, 11) is 0. The first-order chi connectivity index (χ1) is 14.0. The van der Waals surface area contributed by atoms with E-state index in [-0.39, 0.29) is 23.6 Å². The van der Waals surface area contributed by atoms with Crippen molar-refractivity contribution in [1.82, 2.24) is 20.1 Å². The van der Waals surface area contributed by atoms with Crippen molar-refractivity contribution in [3.63, 3.8) is 0 Å². The van der Waals surface area contributed by atoms with Gasteiger partial charge in [-0.1, -0.05) is 0 Å². The molecule has 1 amide bonds. The molecule has 29 heavy (non-hydrogen) atoms. The number of nitrogens with one attached hydrogen (secondary N) is 1. The highest BCUT2D eigenvalue weighted by atomic mass is 32.1. The smallest absolute Gasteiger partial charge is 0.270 e. The van der Waals surface area contributed by atoms with Crippen molar-refractivity contribution in [2.75, 3.05) is 18.0 Å². The van der Waals surface area contributed by atoms with Crippen LogP contribution in [0.1, 0.15) is 60.1 Å². The lowest BCUT2D eigenvalue weighted by Crippen LogP contribution is -2.48. The summed E-state index contributed by atoms with van der Waals surface area (Å²) in [4.78, 5) is 31.1. The Morgan fingerprint density at radius 3 is 2.86 bits per heavy atom. The van der Waals surface area contributed by atoms with Crippen molar-refractivity contribution < 1.29 is 9.90 Å². The molecular weight excluding hydrogens is 390 g/mol. The van der Waals surface area contributed by atoms with Crippen LogP contribution in [0.3, 0.4) is 0 Å². The molecule has 0 radical (unpaired) electrons. The topological polar surface area (TPSA) is 100 Å². The van der Waals surface area contributed by atoms with Crippen LogP contribution in [0.5, 0.6) is 0 Å². The summed E-state index contributed by atoms with van der Waals surface area (Å²) < 4.78 is 1.45. The van der Waals surface area contributed by atoms with Gasteiger partial charge in [-0.05, 0) is 51.5 Å². The van der Waals surface area contributed by atoms with Gasteiger partial charge in [0.15, 0.2) is 0 Å². The van der Waals surface area contributed by atoms with Gasteiger partial charge in [-0.2, -0.15) is 5.10 Å². The number of aliphatic hydroxyl groups is 1. The molecule has 4 rings (SSSR count). The van der Waals surface area contributed by atoms with Crippen LogP contribution in [-0.2, 0) is 0 Å². The molecule has 0 bridgehead atoms. The number of carbonyl (C=O) groups is 1. The molecule has 1 aliphatic carbocycles. The molecule has 0 aromatic carbocycles. The Kier molecular flexibility index (Phi) is 5.96. The molecule has 2 aliphatic rings. The first-order valence-corrected chi connectivity index (χ1v) is 11.2. The summed E-state index contributed by atoms with van der Waals surface area (Å²) in [6.45, 7) is 3.21. The molecule has 0 spiro atoms. The summed E-state index contributed by atoms with van der Waals surface area (Å²) in [5.74, 6) is 0.569. The third-order valence-corrected chi connectivity index (χ3v) is 6.61. The van der Waals surface area contributed by atoms with Crippen LogP contribution >= 0.6 is 11.3 Å². The third-order valence-electron chi connectivity index (χ3n) is 5.84. The molecule has 8 nitrogen and oxygen atoms in total. The van der Waals surface area contributed by atoms with Crippen LogP contribution in [-0.4, -0.2) is 51.0 Å². The molecular formula is C20H27N5O3S. The quantitative estimate of drug-likeness (QED) is 0.771. The average Bonchev–Trinajstić information content (AvgIpc) is 3.35. The SMILES string of the molecule is Cc1nc(C(=O)NCC2CCCCN2c2ccc(=O)n(C3CCCC3O)n2)cs1. The van der Waals surface area contributed by atoms with E-state index in [1.54, 1.807) is 11.4 Å². The molecule has 2 N–H and O–H groups in total. The van der Waals surface area contributed by atoms with Crippen molar-refractivity contribution in [1.29, 1.82) is 0 Å². The normalized spacial score (nSPS) is 24.6. The van der Waals surface area contributed by atoms with E-state index in [1.807, 2.05) is 6.92 Å². The number of anilines is 1. The maximum atomic E-state index is 12.4. The highest BCUT2D eigenvalue weighted by Crippen LogP contribution is 2.29. The highest BCUT2D eigenvalue weighted by Gasteiger charge is 2.30. The zero-order chi connectivity index (χ0) is 20.4. The van der Waals surface area contributed by atoms with Crippen molar-refractivity contribution >= 4 is 23.1 Å². The number of thiazole rings is 1. The predicted molar refractivity (Wildman–Crippen MR) is 112 cm³/mol. The number of piperidine rings is 1. The van der Waals surface area contributed by atoms with Crippen LogP contribution in [0.15, 0.2) is 22.3 Å². The fraction of sp³-hybridized carbons (Fsp3) is 0.600. The number of aliphatic hydroxyl groups excluding tert-OH is 1. The second-order valence-electron chi connectivity index (χ2n) is 7.84. The molecule has 1 aliphatic heterocycles. The summed E-state index contributed by atoms with van der Waals surface area (Å²) in [6, 6.07) is 3.15. The van der Waals surface area contributed by atoms with Crippen molar-refractivity contribution in [3.8, 4) is 0 Å². The minimum Gasteiger partial charge on any atom is -0.391 e. The van der Waals surface area contributed by atoms with Crippen molar-refractivity contribution in [2.45, 2.75) is 63.6 Å². The molecule has 3 unspecified atom stereocenters. The number of aromatic nitrogens is 3. The van der Waals surface area contributed by atoms with Gasteiger partial charge >= 0.3 is 0 Å². The summed E-state index contributed by atoms with van der Waals surface area (Å²) in [5.41, 5.74) is 0.275. The Bertz CT molecular complexity index is 927. The molecule has 3 atom stereocenters. The molecule has 2 aromatic heterocycles. The van der Waals surface area contributed by atoms with Gasteiger partial charge in [0, 0.05) is 30.6 Å². The standard InChI is InChI=1S/C20H27N5O3S/c1-13-22-15(12-29-13)20(28)21-11-14-5-2-3-10-24(14)18-8-9-19(27)25(23-18)16-6-4-7-17(16)26/h8-9,12,14,16-17,26H,2-7,10-11H2,1H3,(H,21,28). The summed E-state index contributed by atoms with van der Waals surface area (Å²) in [6.07, 6.45) is 4.94. The lowest BCUT2D eigenvalue weighted by molar-refractivity contribution is 0.0945. The molecule has 3 heterocycles. The fourth-order valence-corrected chi connectivity index (χ4v) is 4.89. The predicted octanol–water partition coefficient (Wildman–Crippen LogP) is 1.88. The molecule has 9 heteroatoms. The maximum Gasteiger partial charge on any atom is 0.270 e. The molecule has 2 fully saturated rings. The lowest BCUT2D eigenvalue weighted by Gasteiger charge is -2.37.